The molecule has 0 bridgehead atoms. The van der Waals surface area contributed by atoms with E-state index in [1.807, 2.05) is 0 Å². The summed E-state index contributed by atoms with van der Waals surface area (Å²) in [5.41, 5.74) is -2.40. The quantitative estimate of drug-likeness (QED) is 0.559. The number of hydrogen-bond acceptors (Lipinski definition) is 3. The first-order chi connectivity index (χ1) is 13.4. The van der Waals surface area contributed by atoms with Crippen LogP contribution in [-0.4, -0.2) is 21.8 Å². The number of aromatic nitrogens is 2. The van der Waals surface area contributed by atoms with E-state index in [-0.39, 0.29) is 21.6 Å². The Morgan fingerprint density at radius 2 is 1.72 bits per heavy atom. The molecule has 0 saturated carbocycles. The predicted octanol–water partition coefficient (Wildman–Crippen LogP) is 5.42. The maximum Gasteiger partial charge on any atom is 0.416 e. The third kappa shape index (κ3) is 4.16. The zero-order valence-corrected chi connectivity index (χ0v) is 15.3. The van der Waals surface area contributed by atoms with Crippen LogP contribution in [-0.2, 0) is 6.18 Å². The van der Waals surface area contributed by atoms with Crippen LogP contribution in [0.5, 0.6) is 0 Å². The monoisotopic (exact) mass is 435 g/mol. The summed E-state index contributed by atoms with van der Waals surface area (Å²) in [6, 6.07) is 6.11. The summed E-state index contributed by atoms with van der Waals surface area (Å²) in [5, 5.41) is 2.01. The molecule has 0 saturated heterocycles. The highest BCUT2D eigenvalue weighted by Crippen LogP contribution is 2.34. The first kappa shape index (κ1) is 21.0. The summed E-state index contributed by atoms with van der Waals surface area (Å²) in [6.07, 6.45) is -9.39. The summed E-state index contributed by atoms with van der Waals surface area (Å²) in [6.45, 7) is 0.803. The van der Waals surface area contributed by atoms with Crippen LogP contribution < -0.4 is 11.0 Å². The van der Waals surface area contributed by atoms with Crippen LogP contribution in [0, 0.1) is 0 Å². The fraction of sp³-hybridized carbons (Fsp3) is 0.222. The van der Waals surface area contributed by atoms with E-state index in [1.165, 1.54) is 18.2 Å². The fourth-order valence-corrected chi connectivity index (χ4v) is 2.89. The molecule has 3 aromatic rings. The minimum atomic E-state index is -4.73. The van der Waals surface area contributed by atoms with Crippen molar-refractivity contribution in [3.63, 3.8) is 0 Å². The van der Waals surface area contributed by atoms with Crippen LogP contribution in [0.2, 0.25) is 5.02 Å². The molecule has 0 amide bonds. The molecule has 154 valence electrons. The number of rotatable bonds is 3. The van der Waals surface area contributed by atoms with Gasteiger partial charge >= 0.3 is 18.0 Å². The van der Waals surface area contributed by atoms with E-state index in [1.54, 1.807) is 6.07 Å². The molecule has 0 spiro atoms. The smallest absolute Gasteiger partial charge is 0.358 e. The van der Waals surface area contributed by atoms with Gasteiger partial charge < -0.3 is 5.32 Å². The third-order valence-electron chi connectivity index (χ3n) is 4.16. The third-order valence-corrected chi connectivity index (χ3v) is 4.48. The molecule has 11 heteroatoms. The van der Waals surface area contributed by atoms with Crippen LogP contribution in [0.1, 0.15) is 12.5 Å². The molecule has 0 aliphatic rings. The second kappa shape index (κ2) is 7.25. The van der Waals surface area contributed by atoms with Crippen molar-refractivity contribution >= 4 is 28.3 Å². The first-order valence-electron chi connectivity index (χ1n) is 8.12. The Balaban J connectivity index is 2.34. The minimum Gasteiger partial charge on any atom is -0.358 e. The molecule has 29 heavy (non-hydrogen) atoms. The highest BCUT2D eigenvalue weighted by molar-refractivity contribution is 6.32. The highest BCUT2D eigenvalue weighted by Gasteiger charge is 2.37. The Hall–Kier alpha value is -2.75. The Labute approximate surface area is 164 Å². The number of nitrogens with one attached hydrogen (secondary N) is 1. The van der Waals surface area contributed by atoms with E-state index in [2.05, 4.69) is 10.3 Å². The van der Waals surface area contributed by atoms with E-state index in [9.17, 15) is 31.1 Å². The highest BCUT2D eigenvalue weighted by atomic mass is 35.5. The fourth-order valence-electron chi connectivity index (χ4n) is 2.66. The van der Waals surface area contributed by atoms with E-state index in [0.717, 1.165) is 17.6 Å². The minimum absolute atomic E-state index is 0.0476. The SMILES string of the molecule is CC(Nc1nc(=O)n(-c2ccccc2Cl)c2cc(C(F)(F)F)ccc12)C(F)(F)F. The predicted molar refractivity (Wildman–Crippen MR) is 96.5 cm³/mol. The van der Waals surface area contributed by atoms with Gasteiger partial charge in [0.15, 0.2) is 0 Å². The van der Waals surface area contributed by atoms with Gasteiger partial charge in [-0.2, -0.15) is 31.3 Å². The average molecular weight is 436 g/mol. The zero-order chi connectivity index (χ0) is 21.6. The Morgan fingerprint density at radius 1 is 1.07 bits per heavy atom. The number of fused-ring (bicyclic) bond motifs is 1. The maximum atomic E-state index is 13.2. The lowest BCUT2D eigenvalue weighted by Crippen LogP contribution is -2.35. The van der Waals surface area contributed by atoms with E-state index in [0.29, 0.717) is 12.1 Å². The average Bonchev–Trinajstić information content (AvgIpc) is 2.61. The van der Waals surface area contributed by atoms with Gasteiger partial charge in [-0.15, -0.1) is 0 Å². The number of halogens is 7. The van der Waals surface area contributed by atoms with Crippen LogP contribution in [0.4, 0.5) is 32.2 Å². The molecule has 2 aromatic carbocycles. The van der Waals surface area contributed by atoms with Crippen molar-refractivity contribution in [2.45, 2.75) is 25.3 Å². The number of para-hydroxylation sites is 1. The van der Waals surface area contributed by atoms with E-state index < -0.39 is 35.5 Å². The molecular formula is C18H12ClF6N3O. The molecule has 1 atom stereocenters. The van der Waals surface area contributed by atoms with Crippen molar-refractivity contribution in [3.8, 4) is 5.69 Å². The molecule has 1 heterocycles. The van der Waals surface area contributed by atoms with Gasteiger partial charge in [-0.05, 0) is 37.3 Å². The van der Waals surface area contributed by atoms with Gasteiger partial charge in [-0.3, -0.25) is 4.57 Å². The Morgan fingerprint density at radius 3 is 2.31 bits per heavy atom. The maximum absolute atomic E-state index is 13.2. The molecule has 0 aliphatic heterocycles. The topological polar surface area (TPSA) is 46.9 Å². The van der Waals surface area contributed by atoms with Crippen molar-refractivity contribution in [1.82, 2.24) is 9.55 Å². The number of nitrogens with zero attached hydrogens (tertiary/aromatic N) is 2. The van der Waals surface area contributed by atoms with Gasteiger partial charge in [0.05, 0.1) is 21.8 Å². The second-order valence-electron chi connectivity index (χ2n) is 6.17. The molecule has 0 aliphatic carbocycles. The molecule has 1 unspecified atom stereocenters. The van der Waals surface area contributed by atoms with Crippen LogP contribution in [0.3, 0.4) is 0 Å². The zero-order valence-electron chi connectivity index (χ0n) is 14.6. The molecular weight excluding hydrogens is 424 g/mol. The van der Waals surface area contributed by atoms with Gasteiger partial charge in [-0.1, -0.05) is 23.7 Å². The number of anilines is 1. The Kier molecular flexibility index (Phi) is 5.24. The summed E-state index contributed by atoms with van der Waals surface area (Å²) in [7, 11) is 0. The largest absolute Gasteiger partial charge is 0.416 e. The molecule has 4 nitrogen and oxygen atoms in total. The molecule has 0 fully saturated rings. The molecule has 0 radical (unpaired) electrons. The van der Waals surface area contributed by atoms with Gasteiger partial charge in [0, 0.05) is 5.39 Å². The summed E-state index contributed by atoms with van der Waals surface area (Å²) < 4.78 is 79.2. The van der Waals surface area contributed by atoms with Crippen molar-refractivity contribution in [3.05, 3.63) is 63.5 Å². The Bertz CT molecular complexity index is 1120. The molecule has 1 N–H and O–H groups in total. The summed E-state index contributed by atoms with van der Waals surface area (Å²) in [4.78, 5) is 16.2. The van der Waals surface area contributed by atoms with Crippen LogP contribution in [0.15, 0.2) is 47.3 Å². The first-order valence-corrected chi connectivity index (χ1v) is 8.49. The van der Waals surface area contributed by atoms with Crippen molar-refractivity contribution in [2.75, 3.05) is 5.32 Å². The molecule has 3 rings (SSSR count). The van der Waals surface area contributed by atoms with Crippen molar-refractivity contribution in [1.29, 1.82) is 0 Å². The van der Waals surface area contributed by atoms with E-state index >= 15 is 0 Å². The lowest BCUT2D eigenvalue weighted by atomic mass is 10.1. The lowest BCUT2D eigenvalue weighted by molar-refractivity contribution is -0.138. The summed E-state index contributed by atoms with van der Waals surface area (Å²) >= 11 is 6.07. The normalized spacial score (nSPS) is 13.5. The van der Waals surface area contributed by atoms with Gasteiger partial charge in [0.2, 0.25) is 0 Å². The number of benzene rings is 2. The van der Waals surface area contributed by atoms with Crippen molar-refractivity contribution in [2.24, 2.45) is 0 Å². The van der Waals surface area contributed by atoms with E-state index in [4.69, 9.17) is 11.6 Å². The number of hydrogen-bond donors (Lipinski definition) is 1. The standard InChI is InChI=1S/C18H12ClF6N3O/c1-9(17(20,21)22)26-15-11-7-6-10(18(23,24)25)8-14(11)28(16(29)27-15)13-5-3-2-4-12(13)19/h2-9H,1H3,(H,26,27,29). The van der Waals surface area contributed by atoms with Gasteiger partial charge in [-0.25, -0.2) is 4.79 Å². The molecule has 1 aromatic heterocycles. The lowest BCUT2D eigenvalue weighted by Gasteiger charge is -2.20. The summed E-state index contributed by atoms with van der Waals surface area (Å²) in [5.74, 6) is -0.480. The van der Waals surface area contributed by atoms with Crippen LogP contribution in [0.25, 0.3) is 16.6 Å². The van der Waals surface area contributed by atoms with Crippen LogP contribution >= 0.6 is 11.6 Å². The van der Waals surface area contributed by atoms with Gasteiger partial charge in [0.1, 0.15) is 11.9 Å². The van der Waals surface area contributed by atoms with Gasteiger partial charge in [0.25, 0.3) is 0 Å². The van der Waals surface area contributed by atoms with Crippen molar-refractivity contribution < 1.29 is 26.3 Å². The number of alkyl halides is 6. The second-order valence-corrected chi connectivity index (χ2v) is 6.57.